The Bertz CT molecular complexity index is 810. The van der Waals surface area contributed by atoms with E-state index in [4.69, 9.17) is 9.11 Å². The van der Waals surface area contributed by atoms with Gasteiger partial charge in [0.1, 0.15) is 0 Å². The van der Waals surface area contributed by atoms with Gasteiger partial charge in [-0.3, -0.25) is 9.11 Å². The van der Waals surface area contributed by atoms with Gasteiger partial charge in [0.25, 0.3) is 20.2 Å². The van der Waals surface area contributed by atoms with Crippen molar-refractivity contribution in [3.63, 3.8) is 0 Å². The molecule has 2 N–H and O–H groups in total. The van der Waals surface area contributed by atoms with Crippen molar-refractivity contribution in [3.8, 4) is 0 Å². The van der Waals surface area contributed by atoms with Crippen LogP contribution in [0.2, 0.25) is 0 Å². The van der Waals surface area contributed by atoms with Crippen LogP contribution < -0.4 is 0 Å². The first-order valence-corrected chi connectivity index (χ1v) is 8.86. The molecule has 0 heterocycles. The Balaban J connectivity index is 0.000000224. The van der Waals surface area contributed by atoms with Gasteiger partial charge in [0.15, 0.2) is 0 Å². The molecule has 6 nitrogen and oxygen atoms in total. The molecule has 0 aliphatic heterocycles. The van der Waals surface area contributed by atoms with E-state index in [2.05, 4.69) is 0 Å². The summed E-state index contributed by atoms with van der Waals surface area (Å²) >= 11 is 0. The number of rotatable bonds is 3. The fourth-order valence-corrected chi connectivity index (χ4v) is 2.15. The van der Waals surface area contributed by atoms with Crippen LogP contribution in [0.3, 0.4) is 0 Å². The average molecular weight is 342 g/mol. The summed E-state index contributed by atoms with van der Waals surface area (Å²) in [7, 11) is -8.01. The van der Waals surface area contributed by atoms with E-state index < -0.39 is 20.2 Å². The monoisotopic (exact) mass is 342 g/mol. The topological polar surface area (TPSA) is 109 Å². The molecule has 0 bridgehead atoms. The van der Waals surface area contributed by atoms with E-state index in [0.29, 0.717) is 0 Å². The van der Waals surface area contributed by atoms with Crippen LogP contribution in [-0.2, 0) is 20.2 Å². The smallest absolute Gasteiger partial charge is 0.282 e. The molecule has 0 aliphatic rings. The molecule has 118 valence electrons. The molecule has 0 radical (unpaired) electrons. The normalized spacial score (nSPS) is 11.7. The van der Waals surface area contributed by atoms with Gasteiger partial charge < -0.3 is 0 Å². The third kappa shape index (κ3) is 7.70. The maximum Gasteiger partial charge on any atom is 0.294 e. The highest BCUT2D eigenvalue weighted by Crippen LogP contribution is 2.05. The third-order valence-corrected chi connectivity index (χ3v) is 3.62. The largest absolute Gasteiger partial charge is 0.294 e. The van der Waals surface area contributed by atoms with Gasteiger partial charge in [-0.15, -0.1) is 0 Å². The highest BCUT2D eigenvalue weighted by Gasteiger charge is 2.05. The van der Waals surface area contributed by atoms with Crippen molar-refractivity contribution in [2.75, 3.05) is 0 Å². The Morgan fingerprint density at radius 2 is 1.18 bits per heavy atom. The second-order valence-electron chi connectivity index (χ2n) is 4.02. The minimum Gasteiger partial charge on any atom is -0.282 e. The van der Waals surface area contributed by atoms with Crippen molar-refractivity contribution in [1.82, 2.24) is 0 Å². The SMILES string of the molecule is O=S(=O)(O)C=Cc1ccccc1.O=S(=O)(O)c1ccccc1. The Kier molecular flexibility index (Phi) is 6.44. The summed E-state index contributed by atoms with van der Waals surface area (Å²) < 4.78 is 58.1. The molecule has 0 aromatic heterocycles. The van der Waals surface area contributed by atoms with Gasteiger partial charge in [0, 0.05) is 0 Å². The summed E-state index contributed by atoms with van der Waals surface area (Å²) in [6.07, 6.45) is 1.33. The maximum atomic E-state index is 10.4. The minimum absolute atomic E-state index is 0.0741. The zero-order valence-corrected chi connectivity index (χ0v) is 12.9. The summed E-state index contributed by atoms with van der Waals surface area (Å²) in [4.78, 5) is -0.0741. The first kappa shape index (κ1) is 18.1. The van der Waals surface area contributed by atoms with E-state index in [9.17, 15) is 16.8 Å². The number of benzene rings is 2. The van der Waals surface area contributed by atoms with E-state index in [1.54, 1.807) is 42.5 Å². The molecule has 22 heavy (non-hydrogen) atoms. The summed E-state index contributed by atoms with van der Waals surface area (Å²) in [6.45, 7) is 0. The van der Waals surface area contributed by atoms with Crippen molar-refractivity contribution < 1.29 is 25.9 Å². The first-order chi connectivity index (χ1) is 10.2. The predicted octanol–water partition coefficient (Wildman–Crippen LogP) is 2.48. The third-order valence-electron chi connectivity index (χ3n) is 2.27. The van der Waals surface area contributed by atoms with E-state index in [0.717, 1.165) is 11.0 Å². The first-order valence-electron chi connectivity index (χ1n) is 5.92. The molecular formula is C14H14O6S2. The van der Waals surface area contributed by atoms with Crippen molar-refractivity contribution in [3.05, 3.63) is 71.6 Å². The second kappa shape index (κ2) is 7.85. The molecule has 0 saturated carbocycles. The molecule has 0 amide bonds. The van der Waals surface area contributed by atoms with E-state index in [1.165, 1.54) is 18.2 Å². The number of hydrogen-bond acceptors (Lipinski definition) is 4. The summed E-state index contributed by atoms with van der Waals surface area (Å²) in [6, 6.07) is 16.3. The van der Waals surface area contributed by atoms with Crippen LogP contribution in [0.5, 0.6) is 0 Å². The van der Waals surface area contributed by atoms with E-state index in [1.807, 2.05) is 6.07 Å². The van der Waals surface area contributed by atoms with Gasteiger partial charge in [-0.05, 0) is 23.8 Å². The molecule has 2 rings (SSSR count). The van der Waals surface area contributed by atoms with Gasteiger partial charge >= 0.3 is 0 Å². The number of hydrogen-bond donors (Lipinski definition) is 2. The molecular weight excluding hydrogens is 328 g/mol. The Morgan fingerprint density at radius 3 is 1.55 bits per heavy atom. The molecule has 0 fully saturated rings. The molecule has 0 spiro atoms. The minimum atomic E-state index is -4.00. The summed E-state index contributed by atoms with van der Waals surface area (Å²) in [5.74, 6) is 0. The van der Waals surface area contributed by atoms with Gasteiger partial charge in [-0.1, -0.05) is 48.5 Å². The quantitative estimate of drug-likeness (QED) is 0.830. The highest BCUT2D eigenvalue weighted by atomic mass is 32.2. The van der Waals surface area contributed by atoms with Crippen molar-refractivity contribution in [1.29, 1.82) is 0 Å². The fraction of sp³-hybridized carbons (Fsp3) is 0. The van der Waals surface area contributed by atoms with E-state index in [-0.39, 0.29) is 4.90 Å². The fourth-order valence-electron chi connectivity index (χ4n) is 1.32. The van der Waals surface area contributed by atoms with Crippen molar-refractivity contribution >= 4 is 26.3 Å². The lowest BCUT2D eigenvalue weighted by Crippen LogP contribution is -1.96. The van der Waals surface area contributed by atoms with Gasteiger partial charge in [0.2, 0.25) is 0 Å². The Labute approximate surface area is 129 Å². The molecule has 0 atom stereocenters. The van der Waals surface area contributed by atoms with E-state index >= 15 is 0 Å². The summed E-state index contributed by atoms with van der Waals surface area (Å²) in [5, 5.41) is 0.752. The van der Waals surface area contributed by atoms with Crippen molar-refractivity contribution in [2.24, 2.45) is 0 Å². The van der Waals surface area contributed by atoms with Crippen LogP contribution in [0.1, 0.15) is 5.56 Å². The Hall–Kier alpha value is -2.00. The van der Waals surface area contributed by atoms with Crippen LogP contribution in [0.15, 0.2) is 71.0 Å². The zero-order chi connectivity index (χ0) is 16.6. The molecule has 0 aliphatic carbocycles. The van der Waals surface area contributed by atoms with Crippen LogP contribution >= 0.6 is 0 Å². The standard InChI is InChI=1S/C8H8O3S.C6H6O3S/c9-12(10,11)7-6-8-4-2-1-3-5-8;7-10(8,9)6-4-2-1-3-5-6/h1-7H,(H,9,10,11);1-5H,(H,7,8,9). The van der Waals surface area contributed by atoms with Gasteiger partial charge in [0.05, 0.1) is 10.3 Å². The predicted molar refractivity (Wildman–Crippen MR) is 83.3 cm³/mol. The second-order valence-corrected chi connectivity index (χ2v) is 6.74. The highest BCUT2D eigenvalue weighted by molar-refractivity contribution is 7.88. The lowest BCUT2D eigenvalue weighted by molar-refractivity contribution is 0.482. The zero-order valence-electron chi connectivity index (χ0n) is 11.3. The lowest BCUT2D eigenvalue weighted by Gasteiger charge is -1.92. The average Bonchev–Trinajstić information content (AvgIpc) is 2.46. The molecule has 2 aromatic rings. The van der Waals surface area contributed by atoms with Crippen LogP contribution in [0.4, 0.5) is 0 Å². The Morgan fingerprint density at radius 1 is 0.727 bits per heavy atom. The lowest BCUT2D eigenvalue weighted by atomic mass is 10.2. The van der Waals surface area contributed by atoms with Crippen LogP contribution in [0, 0.1) is 0 Å². The molecule has 8 heteroatoms. The van der Waals surface area contributed by atoms with Crippen molar-refractivity contribution in [2.45, 2.75) is 4.90 Å². The molecule has 0 saturated heterocycles. The summed E-state index contributed by atoms with van der Waals surface area (Å²) in [5.41, 5.74) is 0.732. The van der Waals surface area contributed by atoms with Crippen LogP contribution in [0.25, 0.3) is 6.08 Å². The van der Waals surface area contributed by atoms with Gasteiger partial charge in [-0.25, -0.2) is 0 Å². The van der Waals surface area contributed by atoms with Crippen LogP contribution in [-0.4, -0.2) is 25.9 Å². The van der Waals surface area contributed by atoms with Gasteiger partial charge in [-0.2, -0.15) is 16.8 Å². The molecule has 0 unspecified atom stereocenters. The maximum absolute atomic E-state index is 10.4. The molecule has 2 aromatic carbocycles.